The lowest BCUT2D eigenvalue weighted by Crippen LogP contribution is -2.19. The number of aryl methyl sites for hydroxylation is 1. The summed E-state index contributed by atoms with van der Waals surface area (Å²) in [5.74, 6) is 1.32. The van der Waals surface area contributed by atoms with Crippen LogP contribution in [-0.4, -0.2) is 9.91 Å². The Bertz CT molecular complexity index is 580. The number of hydrogen-bond donors (Lipinski definition) is 1. The first-order valence-electron chi connectivity index (χ1n) is 5.96. The third-order valence-electron chi connectivity index (χ3n) is 2.83. The molecule has 0 fully saturated rings. The molecule has 2 rings (SSSR count). The summed E-state index contributed by atoms with van der Waals surface area (Å²) in [6.45, 7) is 4.13. The van der Waals surface area contributed by atoms with Crippen molar-refractivity contribution in [1.82, 2.24) is 10.3 Å². The van der Waals surface area contributed by atoms with E-state index in [1.807, 2.05) is 13.8 Å². The van der Waals surface area contributed by atoms with Crippen LogP contribution in [0.4, 0.5) is 5.69 Å². The highest BCUT2D eigenvalue weighted by Crippen LogP contribution is 2.24. The van der Waals surface area contributed by atoms with E-state index in [0.29, 0.717) is 18.0 Å². The molecular formula is C13H15N3O3. The Kier molecular flexibility index (Phi) is 3.91. The quantitative estimate of drug-likeness (QED) is 0.661. The molecule has 19 heavy (non-hydrogen) atoms. The smallest absolute Gasteiger partial charge is 0.274 e. The van der Waals surface area contributed by atoms with E-state index < -0.39 is 0 Å². The number of nitro groups is 1. The first-order chi connectivity index (χ1) is 9.08. The van der Waals surface area contributed by atoms with Crippen LogP contribution in [0.5, 0.6) is 0 Å². The Hall–Kier alpha value is -2.21. The molecule has 0 radical (unpaired) electrons. The topological polar surface area (TPSA) is 81.2 Å². The summed E-state index contributed by atoms with van der Waals surface area (Å²) in [5.41, 5.74) is 0.766. The van der Waals surface area contributed by atoms with E-state index in [9.17, 15) is 10.1 Å². The highest BCUT2D eigenvalue weighted by Gasteiger charge is 2.18. The second-order valence-corrected chi connectivity index (χ2v) is 4.28. The van der Waals surface area contributed by atoms with Gasteiger partial charge in [-0.05, 0) is 13.8 Å². The van der Waals surface area contributed by atoms with Gasteiger partial charge in [0, 0.05) is 17.7 Å². The molecule has 1 N–H and O–H groups in total. The van der Waals surface area contributed by atoms with Gasteiger partial charge in [0.15, 0.2) is 0 Å². The van der Waals surface area contributed by atoms with E-state index in [1.165, 1.54) is 6.07 Å². The summed E-state index contributed by atoms with van der Waals surface area (Å²) < 4.78 is 5.34. The standard InChI is InChI=1S/C13H15N3O3/c1-9-7-15-13(19-9)8-14-10(2)11-5-3-4-6-12(11)16(17)18/h3-7,10,14H,8H2,1-2H3. The van der Waals surface area contributed by atoms with Crippen LogP contribution in [0.15, 0.2) is 34.9 Å². The van der Waals surface area contributed by atoms with Crippen molar-refractivity contribution in [3.63, 3.8) is 0 Å². The van der Waals surface area contributed by atoms with E-state index in [1.54, 1.807) is 24.4 Å². The number of nitrogens with one attached hydrogen (secondary N) is 1. The van der Waals surface area contributed by atoms with E-state index in [0.717, 1.165) is 5.76 Å². The Morgan fingerprint density at radius 2 is 2.21 bits per heavy atom. The fraction of sp³-hybridized carbons (Fsp3) is 0.308. The average Bonchev–Trinajstić information content (AvgIpc) is 2.81. The van der Waals surface area contributed by atoms with E-state index in [-0.39, 0.29) is 16.7 Å². The number of aromatic nitrogens is 1. The molecule has 0 aliphatic carbocycles. The highest BCUT2D eigenvalue weighted by molar-refractivity contribution is 5.41. The van der Waals surface area contributed by atoms with Gasteiger partial charge in [-0.2, -0.15) is 0 Å². The van der Waals surface area contributed by atoms with Gasteiger partial charge in [-0.3, -0.25) is 10.1 Å². The van der Waals surface area contributed by atoms with Crippen molar-refractivity contribution in [3.05, 3.63) is 57.8 Å². The molecule has 1 unspecified atom stereocenters. The van der Waals surface area contributed by atoms with Gasteiger partial charge in [0.2, 0.25) is 5.89 Å². The molecule has 1 aromatic heterocycles. The predicted molar refractivity (Wildman–Crippen MR) is 69.6 cm³/mol. The van der Waals surface area contributed by atoms with Crippen LogP contribution in [0, 0.1) is 17.0 Å². The van der Waals surface area contributed by atoms with Gasteiger partial charge in [0.1, 0.15) is 5.76 Å². The van der Waals surface area contributed by atoms with Crippen LogP contribution in [0.1, 0.15) is 30.2 Å². The number of para-hydroxylation sites is 1. The molecule has 0 amide bonds. The van der Waals surface area contributed by atoms with Gasteiger partial charge in [0.05, 0.1) is 17.7 Å². The van der Waals surface area contributed by atoms with Crippen LogP contribution in [-0.2, 0) is 6.54 Å². The first-order valence-corrected chi connectivity index (χ1v) is 5.96. The van der Waals surface area contributed by atoms with Crippen molar-refractivity contribution in [1.29, 1.82) is 0 Å². The van der Waals surface area contributed by atoms with Gasteiger partial charge in [0.25, 0.3) is 5.69 Å². The van der Waals surface area contributed by atoms with E-state index in [4.69, 9.17) is 4.42 Å². The minimum atomic E-state index is -0.372. The number of benzene rings is 1. The van der Waals surface area contributed by atoms with E-state index in [2.05, 4.69) is 10.3 Å². The molecular weight excluding hydrogens is 246 g/mol. The number of rotatable bonds is 5. The molecule has 6 nitrogen and oxygen atoms in total. The molecule has 100 valence electrons. The molecule has 6 heteroatoms. The van der Waals surface area contributed by atoms with Gasteiger partial charge in [-0.25, -0.2) is 4.98 Å². The van der Waals surface area contributed by atoms with Crippen molar-refractivity contribution in [2.45, 2.75) is 26.4 Å². The minimum Gasteiger partial charge on any atom is -0.445 e. The molecule has 1 heterocycles. The summed E-state index contributed by atoms with van der Waals surface area (Å²) in [6.07, 6.45) is 1.65. The summed E-state index contributed by atoms with van der Waals surface area (Å²) >= 11 is 0. The van der Waals surface area contributed by atoms with Crippen molar-refractivity contribution in [3.8, 4) is 0 Å². The lowest BCUT2D eigenvalue weighted by atomic mass is 10.1. The van der Waals surface area contributed by atoms with Crippen molar-refractivity contribution in [2.75, 3.05) is 0 Å². The third-order valence-corrected chi connectivity index (χ3v) is 2.83. The third kappa shape index (κ3) is 3.17. The molecule has 0 bridgehead atoms. The Morgan fingerprint density at radius 3 is 2.84 bits per heavy atom. The van der Waals surface area contributed by atoms with Gasteiger partial charge >= 0.3 is 0 Å². The maximum absolute atomic E-state index is 11.0. The zero-order chi connectivity index (χ0) is 13.8. The van der Waals surface area contributed by atoms with Crippen LogP contribution < -0.4 is 5.32 Å². The monoisotopic (exact) mass is 261 g/mol. The Morgan fingerprint density at radius 1 is 1.47 bits per heavy atom. The molecule has 1 aromatic carbocycles. The highest BCUT2D eigenvalue weighted by atomic mass is 16.6. The van der Waals surface area contributed by atoms with Gasteiger partial charge < -0.3 is 9.73 Å². The summed E-state index contributed by atoms with van der Waals surface area (Å²) in [5, 5.41) is 14.1. The van der Waals surface area contributed by atoms with Crippen molar-refractivity contribution < 1.29 is 9.34 Å². The van der Waals surface area contributed by atoms with Crippen LogP contribution in [0.2, 0.25) is 0 Å². The number of nitrogens with zero attached hydrogens (tertiary/aromatic N) is 2. The van der Waals surface area contributed by atoms with Gasteiger partial charge in [-0.1, -0.05) is 18.2 Å². The molecule has 1 atom stereocenters. The summed E-state index contributed by atoms with van der Waals surface area (Å²) in [7, 11) is 0. The first kappa shape index (κ1) is 13.2. The lowest BCUT2D eigenvalue weighted by molar-refractivity contribution is -0.385. The van der Waals surface area contributed by atoms with E-state index >= 15 is 0 Å². The second kappa shape index (κ2) is 5.62. The average molecular weight is 261 g/mol. The molecule has 0 saturated heterocycles. The van der Waals surface area contributed by atoms with Crippen LogP contribution >= 0.6 is 0 Å². The molecule has 2 aromatic rings. The number of oxazole rings is 1. The molecule has 0 aliphatic rings. The predicted octanol–water partition coefficient (Wildman–Crippen LogP) is 2.74. The molecule has 0 spiro atoms. The summed E-state index contributed by atoms with van der Waals surface area (Å²) in [4.78, 5) is 14.7. The van der Waals surface area contributed by atoms with Crippen LogP contribution in [0.25, 0.3) is 0 Å². The Labute approximate surface area is 110 Å². The maximum Gasteiger partial charge on any atom is 0.274 e. The maximum atomic E-state index is 11.0. The number of nitro benzene ring substituents is 1. The zero-order valence-corrected chi connectivity index (χ0v) is 10.8. The largest absolute Gasteiger partial charge is 0.445 e. The van der Waals surface area contributed by atoms with Crippen molar-refractivity contribution >= 4 is 5.69 Å². The van der Waals surface area contributed by atoms with Gasteiger partial charge in [-0.15, -0.1) is 0 Å². The second-order valence-electron chi connectivity index (χ2n) is 4.28. The fourth-order valence-corrected chi connectivity index (χ4v) is 1.85. The zero-order valence-electron chi connectivity index (χ0n) is 10.8. The van der Waals surface area contributed by atoms with Crippen molar-refractivity contribution in [2.24, 2.45) is 0 Å². The normalized spacial score (nSPS) is 12.3. The number of hydrogen-bond acceptors (Lipinski definition) is 5. The fourth-order valence-electron chi connectivity index (χ4n) is 1.85. The SMILES string of the molecule is Cc1cnc(CNC(C)c2ccccc2[N+](=O)[O-])o1. The molecule has 0 saturated carbocycles. The van der Waals surface area contributed by atoms with Crippen LogP contribution in [0.3, 0.4) is 0 Å². The minimum absolute atomic E-state index is 0.117. The Balaban J connectivity index is 2.07. The summed E-state index contributed by atoms with van der Waals surface area (Å²) in [6, 6.07) is 6.54. The molecule has 0 aliphatic heterocycles. The lowest BCUT2D eigenvalue weighted by Gasteiger charge is -2.12.